The molecule has 1 saturated heterocycles. The monoisotopic (exact) mass is 1050 g/mol. The van der Waals surface area contributed by atoms with Crippen molar-refractivity contribution in [2.45, 2.75) is 141 Å². The van der Waals surface area contributed by atoms with Gasteiger partial charge in [-0.1, -0.05) is 107 Å². The Balaban J connectivity index is 1.38. The minimum atomic E-state index is -1.29. The first-order valence-corrected chi connectivity index (χ1v) is 26.8. The number of benzene rings is 3. The topological polar surface area (TPSA) is 208 Å². The van der Waals surface area contributed by atoms with E-state index in [1.807, 2.05) is 139 Å². The molecule has 4 N–H and O–H groups in total. The number of allylic oxidation sites excluding steroid dienone is 1. The van der Waals surface area contributed by atoms with Crippen LogP contribution in [0.3, 0.4) is 0 Å². The second-order valence-electron chi connectivity index (χ2n) is 22.1. The Kier molecular flexibility index (Phi) is 18.5. The summed E-state index contributed by atoms with van der Waals surface area (Å²) in [5, 5.41) is 22.3. The fourth-order valence-electron chi connectivity index (χ4n) is 10.4. The summed E-state index contributed by atoms with van der Waals surface area (Å²) in [6.45, 7) is 17.6. The molecule has 2 aliphatic heterocycles. The SMILES string of the molecule is C=CC(C)(C)n1cc(C[C@@H]2NC(=O)[C@H](Cc3ccccc3)NC(=O)[C@H](CC(C)C)N3CC/C=C\C[C@@H](C3=O)N(C)C(=O)[C@H](C)NC(=O)[C@H](Cc3ccc4cnncc4c3)NC(=O)[C@H](CC(C)C)N(C)C2=O)c2ccccc21. The molecule has 17 heteroatoms. The standard InChI is InChI=1S/C60H76N10O7/c1-11-60(7,8)70-36-44(45-22-17-18-23-49(45)70)33-48-58(76)68(10)51(28-37(2)3)55(73)64-47(32-41-25-26-42-34-61-62-35-43(42)30-41)53(71)63-39(6)57(75)67(9)50-24-16-13-19-27-69(59(50)77)52(29-38(4)5)56(74)65-46(54(72)66-48)31-40-20-14-12-15-21-40/h11-18,20-23,25-26,30,34-39,46-48,50-52H,1,19,24,27-29,31-33H2,2-10H3,(H,63,71)(H,64,73)(H,65,74)(H,66,72)/b16-13-/t39-,46-,47-,48-,50-,51-,52-/m0/s1. The average Bonchev–Trinajstić information content (AvgIpc) is 3.84. The molecule has 17 nitrogen and oxygen atoms in total. The van der Waals surface area contributed by atoms with Gasteiger partial charge in [-0.25, -0.2) is 0 Å². The smallest absolute Gasteiger partial charge is 0.246 e. The summed E-state index contributed by atoms with van der Waals surface area (Å²) in [5.41, 5.74) is 2.48. The zero-order valence-corrected chi connectivity index (χ0v) is 46.0. The Labute approximate surface area is 452 Å². The van der Waals surface area contributed by atoms with Gasteiger partial charge < -0.3 is 40.5 Å². The molecule has 4 heterocycles. The van der Waals surface area contributed by atoms with E-state index in [4.69, 9.17) is 0 Å². The van der Waals surface area contributed by atoms with Crippen molar-refractivity contribution in [2.24, 2.45) is 11.8 Å². The molecule has 1 fully saturated rings. The maximum absolute atomic E-state index is 15.6. The van der Waals surface area contributed by atoms with Crippen molar-refractivity contribution in [3.8, 4) is 0 Å². The molecule has 408 valence electrons. The Hall–Kier alpha value is -7.69. The van der Waals surface area contributed by atoms with Gasteiger partial charge in [0.05, 0.1) is 17.9 Å². The highest BCUT2D eigenvalue weighted by Gasteiger charge is 2.41. The van der Waals surface area contributed by atoms with E-state index in [0.29, 0.717) is 12.0 Å². The first kappa shape index (κ1) is 57.0. The number of carbonyl (C=O) groups excluding carboxylic acids is 7. The van der Waals surface area contributed by atoms with Crippen molar-refractivity contribution >= 4 is 63.0 Å². The quantitative estimate of drug-likeness (QED) is 0.111. The molecular formula is C60H76N10O7. The lowest BCUT2D eigenvalue weighted by atomic mass is 9.97. The maximum Gasteiger partial charge on any atom is 0.246 e. The molecule has 7 rings (SSSR count). The number of amides is 7. The third-order valence-corrected chi connectivity index (χ3v) is 14.9. The fourth-order valence-corrected chi connectivity index (χ4v) is 10.4. The van der Waals surface area contributed by atoms with Crippen LogP contribution in [0.1, 0.15) is 90.8 Å². The third kappa shape index (κ3) is 13.7. The summed E-state index contributed by atoms with van der Waals surface area (Å²) < 4.78 is 2.07. The number of aromatic nitrogens is 3. The molecule has 2 aliphatic rings. The molecular weight excluding hydrogens is 973 g/mol. The van der Waals surface area contributed by atoms with Crippen molar-refractivity contribution < 1.29 is 33.6 Å². The van der Waals surface area contributed by atoms with Crippen molar-refractivity contribution in [3.63, 3.8) is 0 Å². The second kappa shape index (κ2) is 25.0. The van der Waals surface area contributed by atoms with E-state index in [-0.39, 0.29) is 56.9 Å². The number of nitrogens with one attached hydrogen (secondary N) is 4. The number of likely N-dealkylation sites (N-methyl/N-ethyl adjacent to an activating group) is 2. The van der Waals surface area contributed by atoms with Crippen LogP contribution in [0.4, 0.5) is 0 Å². The van der Waals surface area contributed by atoms with Crippen LogP contribution in [-0.4, -0.2) is 134 Å². The predicted molar refractivity (Wildman–Crippen MR) is 298 cm³/mol. The van der Waals surface area contributed by atoms with Crippen molar-refractivity contribution in [1.29, 1.82) is 0 Å². The van der Waals surface area contributed by atoms with Crippen LogP contribution < -0.4 is 21.3 Å². The van der Waals surface area contributed by atoms with E-state index in [9.17, 15) is 9.59 Å². The number of carbonyl (C=O) groups is 7. The molecule has 0 spiro atoms. The highest BCUT2D eigenvalue weighted by molar-refractivity contribution is 5.99. The maximum atomic E-state index is 15.6. The number of hydrogen-bond acceptors (Lipinski definition) is 9. The molecule has 77 heavy (non-hydrogen) atoms. The number of hydrogen-bond donors (Lipinski definition) is 4. The van der Waals surface area contributed by atoms with Crippen LogP contribution in [-0.2, 0) is 58.4 Å². The number of fused-ring (bicyclic) bond motifs is 4. The molecule has 2 bridgehead atoms. The molecule has 3 aromatic carbocycles. The Morgan fingerprint density at radius 1 is 0.649 bits per heavy atom. The summed E-state index contributed by atoms with van der Waals surface area (Å²) in [6.07, 6.45) is 11.8. The summed E-state index contributed by atoms with van der Waals surface area (Å²) in [5.74, 6) is -4.35. The lowest BCUT2D eigenvalue weighted by molar-refractivity contribution is -0.150. The molecule has 7 amide bonds. The zero-order valence-electron chi connectivity index (χ0n) is 46.0. The summed E-state index contributed by atoms with van der Waals surface area (Å²) >= 11 is 0. The molecule has 0 unspecified atom stereocenters. The fraction of sp³-hybridized carbons (Fsp3) is 0.450. The van der Waals surface area contributed by atoms with Gasteiger partial charge in [-0.15, -0.1) is 6.58 Å². The van der Waals surface area contributed by atoms with Crippen LogP contribution in [0.2, 0.25) is 0 Å². The first-order valence-electron chi connectivity index (χ1n) is 26.8. The second-order valence-corrected chi connectivity index (χ2v) is 22.1. The molecule has 7 atom stereocenters. The van der Waals surface area contributed by atoms with Gasteiger partial charge in [-0.2, -0.15) is 10.2 Å². The van der Waals surface area contributed by atoms with Crippen LogP contribution >= 0.6 is 0 Å². The lowest BCUT2D eigenvalue weighted by Gasteiger charge is -2.38. The molecule has 0 radical (unpaired) electrons. The number of nitrogens with zero attached hydrogens (tertiary/aromatic N) is 6. The van der Waals surface area contributed by atoms with Crippen molar-refractivity contribution in [2.75, 3.05) is 20.6 Å². The van der Waals surface area contributed by atoms with Crippen LogP contribution in [0.15, 0.2) is 116 Å². The van der Waals surface area contributed by atoms with Crippen LogP contribution in [0.25, 0.3) is 21.7 Å². The normalized spacial score (nSPS) is 23.5. The zero-order chi connectivity index (χ0) is 55.7. The van der Waals surface area contributed by atoms with E-state index in [0.717, 1.165) is 32.8 Å². The van der Waals surface area contributed by atoms with Crippen LogP contribution in [0, 0.1) is 11.8 Å². The minimum Gasteiger partial charge on any atom is -0.343 e. The summed E-state index contributed by atoms with van der Waals surface area (Å²) in [4.78, 5) is 109. The van der Waals surface area contributed by atoms with Crippen molar-refractivity contribution in [3.05, 3.63) is 133 Å². The minimum absolute atomic E-state index is 0.00954. The van der Waals surface area contributed by atoms with Gasteiger partial charge in [-0.05, 0) is 87.1 Å². The molecule has 0 saturated carbocycles. The van der Waals surface area contributed by atoms with E-state index < -0.39 is 89.2 Å². The Bertz CT molecular complexity index is 3000. The van der Waals surface area contributed by atoms with E-state index in [1.165, 1.54) is 35.7 Å². The lowest BCUT2D eigenvalue weighted by Crippen LogP contribution is -2.61. The highest BCUT2D eigenvalue weighted by Crippen LogP contribution is 2.30. The molecule has 5 aromatic rings. The predicted octanol–water partition coefficient (Wildman–Crippen LogP) is 5.80. The Morgan fingerprint density at radius 3 is 1.92 bits per heavy atom. The van der Waals surface area contributed by atoms with Gasteiger partial charge >= 0.3 is 0 Å². The number of para-hydroxylation sites is 1. The van der Waals surface area contributed by atoms with Gasteiger partial charge in [-0.3, -0.25) is 33.6 Å². The van der Waals surface area contributed by atoms with E-state index >= 15 is 24.0 Å². The molecule has 2 aromatic heterocycles. The summed E-state index contributed by atoms with van der Waals surface area (Å²) in [7, 11) is 3.02. The molecule has 0 aliphatic carbocycles. The highest BCUT2D eigenvalue weighted by atomic mass is 16.2. The van der Waals surface area contributed by atoms with Gasteiger partial charge in [0.25, 0.3) is 0 Å². The Morgan fingerprint density at radius 2 is 1.25 bits per heavy atom. The largest absolute Gasteiger partial charge is 0.343 e. The van der Waals surface area contributed by atoms with Crippen molar-refractivity contribution in [1.82, 2.24) is 50.7 Å². The van der Waals surface area contributed by atoms with E-state index in [1.54, 1.807) is 12.4 Å². The van der Waals surface area contributed by atoms with Crippen LogP contribution in [0.5, 0.6) is 0 Å². The van der Waals surface area contributed by atoms with Gasteiger partial charge in [0.15, 0.2) is 0 Å². The third-order valence-electron chi connectivity index (χ3n) is 14.9. The van der Waals surface area contributed by atoms with Gasteiger partial charge in [0.2, 0.25) is 41.4 Å². The number of rotatable bonds is 12. The van der Waals surface area contributed by atoms with E-state index in [2.05, 4.69) is 42.6 Å². The van der Waals surface area contributed by atoms with Gasteiger partial charge in [0.1, 0.15) is 42.3 Å². The average molecular weight is 1050 g/mol. The summed E-state index contributed by atoms with van der Waals surface area (Å²) in [6, 6.07) is 14.3. The van der Waals surface area contributed by atoms with Gasteiger partial charge in [0, 0.05) is 67.8 Å². The first-order chi connectivity index (χ1) is 36.7.